The van der Waals surface area contributed by atoms with Crippen LogP contribution in [0.3, 0.4) is 0 Å². The number of hydrogen-bond acceptors (Lipinski definition) is 5. The van der Waals surface area contributed by atoms with Crippen molar-refractivity contribution in [3.8, 4) is 10.8 Å². The molecule has 0 bridgehead atoms. The fourth-order valence-corrected chi connectivity index (χ4v) is 3.03. The SMILES string of the molecule is CC(NC(=O)c1csc(-c2ccco2)n1)C1CCCO1. The number of amides is 1. The largest absolute Gasteiger partial charge is 0.462 e. The second-order valence-corrected chi connectivity index (χ2v) is 5.69. The van der Waals surface area contributed by atoms with Gasteiger partial charge in [0, 0.05) is 12.0 Å². The number of hydrogen-bond donors (Lipinski definition) is 1. The van der Waals surface area contributed by atoms with Gasteiger partial charge in [-0.3, -0.25) is 4.79 Å². The van der Waals surface area contributed by atoms with Gasteiger partial charge in [0.1, 0.15) is 5.69 Å². The first-order valence-corrected chi connectivity index (χ1v) is 7.54. The number of ether oxygens (including phenoxy) is 1. The molecule has 1 saturated heterocycles. The van der Waals surface area contributed by atoms with Gasteiger partial charge >= 0.3 is 0 Å². The standard InChI is InChI=1S/C14H16N2O3S/c1-9(11-4-2-6-18-11)15-13(17)10-8-20-14(16-10)12-5-3-7-19-12/h3,5,7-9,11H,2,4,6H2,1H3,(H,15,17). The summed E-state index contributed by atoms with van der Waals surface area (Å²) in [6, 6.07) is 3.63. The molecule has 0 spiro atoms. The predicted octanol–water partition coefficient (Wildman–Crippen LogP) is 2.70. The summed E-state index contributed by atoms with van der Waals surface area (Å²) in [5.74, 6) is 0.517. The van der Waals surface area contributed by atoms with Gasteiger partial charge < -0.3 is 14.5 Å². The number of furan rings is 1. The average Bonchev–Trinajstić information content (AvgIpc) is 3.19. The molecule has 1 N–H and O–H groups in total. The molecule has 3 heterocycles. The second kappa shape index (κ2) is 5.76. The highest BCUT2D eigenvalue weighted by molar-refractivity contribution is 7.13. The first-order valence-electron chi connectivity index (χ1n) is 6.66. The molecule has 0 radical (unpaired) electrons. The zero-order chi connectivity index (χ0) is 13.9. The lowest BCUT2D eigenvalue weighted by Gasteiger charge is -2.19. The summed E-state index contributed by atoms with van der Waals surface area (Å²) < 4.78 is 10.8. The minimum Gasteiger partial charge on any atom is -0.462 e. The van der Waals surface area contributed by atoms with E-state index in [9.17, 15) is 4.79 Å². The maximum absolute atomic E-state index is 12.1. The summed E-state index contributed by atoms with van der Waals surface area (Å²) in [5, 5.41) is 5.40. The van der Waals surface area contributed by atoms with Crippen molar-refractivity contribution in [2.45, 2.75) is 31.9 Å². The molecule has 1 fully saturated rings. The Morgan fingerprint density at radius 2 is 2.50 bits per heavy atom. The quantitative estimate of drug-likeness (QED) is 0.941. The minimum absolute atomic E-state index is 0.00115. The zero-order valence-electron chi connectivity index (χ0n) is 11.2. The van der Waals surface area contributed by atoms with Gasteiger partial charge in [0.05, 0.1) is 18.4 Å². The smallest absolute Gasteiger partial charge is 0.271 e. The van der Waals surface area contributed by atoms with Crippen molar-refractivity contribution < 1.29 is 13.9 Å². The minimum atomic E-state index is -0.165. The summed E-state index contributed by atoms with van der Waals surface area (Å²) in [5.41, 5.74) is 0.422. The summed E-state index contributed by atoms with van der Waals surface area (Å²) in [4.78, 5) is 16.4. The van der Waals surface area contributed by atoms with Crippen LogP contribution in [0.4, 0.5) is 0 Å². The van der Waals surface area contributed by atoms with E-state index in [-0.39, 0.29) is 18.1 Å². The molecule has 0 aliphatic carbocycles. The molecule has 2 atom stereocenters. The maximum Gasteiger partial charge on any atom is 0.271 e. The number of nitrogens with one attached hydrogen (secondary N) is 1. The Hall–Kier alpha value is -1.66. The lowest BCUT2D eigenvalue weighted by atomic mass is 10.1. The van der Waals surface area contributed by atoms with Gasteiger partial charge in [0.15, 0.2) is 10.8 Å². The number of thiazole rings is 1. The van der Waals surface area contributed by atoms with E-state index in [1.165, 1.54) is 11.3 Å². The molecule has 106 valence electrons. The molecule has 0 saturated carbocycles. The highest BCUT2D eigenvalue weighted by atomic mass is 32.1. The number of aromatic nitrogens is 1. The highest BCUT2D eigenvalue weighted by Crippen LogP contribution is 2.24. The van der Waals surface area contributed by atoms with E-state index in [1.807, 2.05) is 13.0 Å². The number of nitrogens with zero attached hydrogens (tertiary/aromatic N) is 1. The Bertz CT molecular complexity index is 573. The Balaban J connectivity index is 1.65. The van der Waals surface area contributed by atoms with Crippen LogP contribution in [0, 0.1) is 0 Å². The van der Waals surface area contributed by atoms with Gasteiger partial charge in [0.25, 0.3) is 5.91 Å². The van der Waals surface area contributed by atoms with Crippen LogP contribution >= 0.6 is 11.3 Å². The summed E-state index contributed by atoms with van der Waals surface area (Å²) in [7, 11) is 0. The molecule has 2 unspecified atom stereocenters. The molecular formula is C14H16N2O3S. The van der Waals surface area contributed by atoms with Crippen molar-refractivity contribution >= 4 is 17.2 Å². The first kappa shape index (κ1) is 13.3. The van der Waals surface area contributed by atoms with E-state index in [2.05, 4.69) is 10.3 Å². The molecule has 2 aromatic heterocycles. The second-order valence-electron chi connectivity index (χ2n) is 4.83. The molecular weight excluding hydrogens is 276 g/mol. The molecule has 20 heavy (non-hydrogen) atoms. The van der Waals surface area contributed by atoms with Crippen LogP contribution in [-0.2, 0) is 4.74 Å². The third-order valence-corrected chi connectivity index (χ3v) is 4.21. The molecule has 0 aromatic carbocycles. The van der Waals surface area contributed by atoms with Crippen LogP contribution in [0.5, 0.6) is 0 Å². The van der Waals surface area contributed by atoms with Crippen LogP contribution in [0.2, 0.25) is 0 Å². The summed E-state index contributed by atoms with van der Waals surface area (Å²) in [6.45, 7) is 2.75. The first-order chi connectivity index (χ1) is 9.74. The molecule has 3 rings (SSSR count). The number of rotatable bonds is 4. The third-order valence-electron chi connectivity index (χ3n) is 3.35. The molecule has 1 amide bonds. The maximum atomic E-state index is 12.1. The Morgan fingerprint density at radius 1 is 1.60 bits per heavy atom. The van der Waals surface area contributed by atoms with E-state index in [0.717, 1.165) is 19.4 Å². The van der Waals surface area contributed by atoms with Gasteiger partial charge in [-0.15, -0.1) is 11.3 Å². The van der Waals surface area contributed by atoms with Crippen LogP contribution in [-0.4, -0.2) is 29.6 Å². The lowest BCUT2D eigenvalue weighted by molar-refractivity contribution is 0.0710. The molecule has 1 aliphatic rings. The van der Waals surface area contributed by atoms with Gasteiger partial charge in [-0.05, 0) is 31.9 Å². The van der Waals surface area contributed by atoms with Crippen LogP contribution in [0.1, 0.15) is 30.3 Å². The number of carbonyl (C=O) groups is 1. The third kappa shape index (κ3) is 2.76. The van der Waals surface area contributed by atoms with Gasteiger partial charge in [-0.25, -0.2) is 4.98 Å². The van der Waals surface area contributed by atoms with Gasteiger partial charge in [-0.1, -0.05) is 0 Å². The van der Waals surface area contributed by atoms with Gasteiger partial charge in [-0.2, -0.15) is 0 Å². The van der Waals surface area contributed by atoms with E-state index < -0.39 is 0 Å². The van der Waals surface area contributed by atoms with Crippen LogP contribution < -0.4 is 5.32 Å². The van der Waals surface area contributed by atoms with Crippen molar-refractivity contribution in [3.63, 3.8) is 0 Å². The van der Waals surface area contributed by atoms with Crippen molar-refractivity contribution in [3.05, 3.63) is 29.5 Å². The van der Waals surface area contributed by atoms with E-state index in [4.69, 9.17) is 9.15 Å². The number of carbonyl (C=O) groups excluding carboxylic acids is 1. The molecule has 6 heteroatoms. The van der Waals surface area contributed by atoms with E-state index >= 15 is 0 Å². The topological polar surface area (TPSA) is 64.4 Å². The fraction of sp³-hybridized carbons (Fsp3) is 0.429. The predicted molar refractivity (Wildman–Crippen MR) is 75.7 cm³/mol. The van der Waals surface area contributed by atoms with Crippen molar-refractivity contribution in [1.29, 1.82) is 0 Å². The Labute approximate surface area is 121 Å². The summed E-state index contributed by atoms with van der Waals surface area (Å²) >= 11 is 1.40. The van der Waals surface area contributed by atoms with Gasteiger partial charge in [0.2, 0.25) is 0 Å². The van der Waals surface area contributed by atoms with E-state index in [0.29, 0.717) is 16.5 Å². The normalized spacial score (nSPS) is 19.9. The highest BCUT2D eigenvalue weighted by Gasteiger charge is 2.24. The molecule has 1 aliphatic heterocycles. The lowest BCUT2D eigenvalue weighted by Crippen LogP contribution is -2.40. The van der Waals surface area contributed by atoms with E-state index in [1.54, 1.807) is 17.7 Å². The Kier molecular flexibility index (Phi) is 3.84. The van der Waals surface area contributed by atoms with Crippen LogP contribution in [0.15, 0.2) is 28.2 Å². The Morgan fingerprint density at radius 3 is 3.20 bits per heavy atom. The summed E-state index contributed by atoms with van der Waals surface area (Å²) in [6.07, 6.45) is 3.76. The van der Waals surface area contributed by atoms with Crippen molar-refractivity contribution in [1.82, 2.24) is 10.3 Å². The monoisotopic (exact) mass is 292 g/mol. The average molecular weight is 292 g/mol. The van der Waals surface area contributed by atoms with Crippen molar-refractivity contribution in [2.75, 3.05) is 6.61 Å². The zero-order valence-corrected chi connectivity index (χ0v) is 12.0. The van der Waals surface area contributed by atoms with Crippen LogP contribution in [0.25, 0.3) is 10.8 Å². The fourth-order valence-electron chi connectivity index (χ4n) is 2.26. The molecule has 5 nitrogen and oxygen atoms in total. The van der Waals surface area contributed by atoms with Crippen molar-refractivity contribution in [2.24, 2.45) is 0 Å². The molecule has 2 aromatic rings.